The molecule has 3 aliphatic rings. The van der Waals surface area contributed by atoms with Gasteiger partial charge in [0.05, 0.1) is 16.1 Å². The highest BCUT2D eigenvalue weighted by Crippen LogP contribution is 2.55. The number of hydrogen-bond donors (Lipinski definition) is 1. The minimum absolute atomic E-state index is 0.143. The van der Waals surface area contributed by atoms with Crippen molar-refractivity contribution in [2.45, 2.75) is 58.8 Å². The van der Waals surface area contributed by atoms with E-state index in [2.05, 4.69) is 60.7 Å². The second-order valence-corrected chi connectivity index (χ2v) is 16.4. The molecule has 1 aliphatic heterocycles. The molecular weight excluding hydrogens is 645 g/mol. The Kier molecular flexibility index (Phi) is 9.61. The van der Waals surface area contributed by atoms with Crippen LogP contribution in [0.2, 0.25) is 0 Å². The highest BCUT2D eigenvalue weighted by Gasteiger charge is 2.65. The highest BCUT2D eigenvalue weighted by atomic mass is 32.2. The third kappa shape index (κ3) is 7.52. The van der Waals surface area contributed by atoms with E-state index in [4.69, 9.17) is 18.8 Å². The van der Waals surface area contributed by atoms with Gasteiger partial charge in [-0.05, 0) is 62.1 Å². The Hall–Kier alpha value is -3.43. The van der Waals surface area contributed by atoms with Gasteiger partial charge in [0, 0.05) is 24.0 Å². The maximum Gasteiger partial charge on any atom is 0.341 e. The van der Waals surface area contributed by atoms with E-state index in [1.54, 1.807) is 0 Å². The van der Waals surface area contributed by atoms with Crippen LogP contribution in [0.5, 0.6) is 5.75 Å². The third-order valence-corrected chi connectivity index (χ3v) is 12.5. The van der Waals surface area contributed by atoms with Crippen molar-refractivity contribution in [2.75, 3.05) is 12.4 Å². The molecular formula is C31H32O11S3. The SMILES string of the molecule is Cc1cc([S+](c2ccccc2)c2ccccc2)cc(C)c1OCC(=O)O.O=C(CS(=O)(=O)[O-])OC1C2CC3C1OS(=O)(=O)C3C2. The van der Waals surface area contributed by atoms with Gasteiger partial charge in [-0.25, -0.2) is 13.2 Å². The van der Waals surface area contributed by atoms with Gasteiger partial charge in [0.1, 0.15) is 33.8 Å². The summed E-state index contributed by atoms with van der Waals surface area (Å²) in [5.74, 6) is -3.06. The number of aliphatic carboxylic acids is 1. The quantitative estimate of drug-likeness (QED) is 0.152. The molecule has 3 aromatic carbocycles. The fourth-order valence-electron chi connectivity index (χ4n) is 6.29. The topological polar surface area (TPSA) is 173 Å². The molecule has 45 heavy (non-hydrogen) atoms. The lowest BCUT2D eigenvalue weighted by Gasteiger charge is -2.25. The van der Waals surface area contributed by atoms with Crippen molar-refractivity contribution in [1.29, 1.82) is 0 Å². The number of esters is 1. The summed E-state index contributed by atoms with van der Waals surface area (Å²) in [6.45, 7) is 3.60. The summed E-state index contributed by atoms with van der Waals surface area (Å²) in [5, 5.41) is 8.33. The Bertz CT molecular complexity index is 1720. The minimum atomic E-state index is -4.70. The Balaban J connectivity index is 0.000000186. The van der Waals surface area contributed by atoms with Crippen LogP contribution in [-0.4, -0.2) is 68.3 Å². The van der Waals surface area contributed by atoms with Gasteiger partial charge in [0.25, 0.3) is 10.1 Å². The van der Waals surface area contributed by atoms with Crippen molar-refractivity contribution in [1.82, 2.24) is 0 Å². The van der Waals surface area contributed by atoms with Crippen LogP contribution in [-0.2, 0) is 49.6 Å². The molecule has 0 radical (unpaired) electrons. The molecule has 2 aliphatic carbocycles. The first-order chi connectivity index (χ1) is 21.2. The number of ether oxygens (including phenoxy) is 2. The summed E-state index contributed by atoms with van der Waals surface area (Å²) in [7, 11) is -8.53. The molecule has 11 nitrogen and oxygen atoms in total. The lowest BCUT2D eigenvalue weighted by Crippen LogP contribution is -2.38. The van der Waals surface area contributed by atoms with Crippen molar-refractivity contribution < 1.29 is 49.7 Å². The lowest BCUT2D eigenvalue weighted by molar-refractivity contribution is -0.152. The summed E-state index contributed by atoms with van der Waals surface area (Å²) in [4.78, 5) is 25.8. The van der Waals surface area contributed by atoms with Crippen LogP contribution in [0.15, 0.2) is 87.5 Å². The van der Waals surface area contributed by atoms with Gasteiger partial charge in [0.2, 0.25) is 0 Å². The van der Waals surface area contributed by atoms with Gasteiger partial charge in [-0.2, -0.15) is 8.42 Å². The van der Waals surface area contributed by atoms with Crippen LogP contribution in [0.1, 0.15) is 24.0 Å². The molecule has 14 heteroatoms. The van der Waals surface area contributed by atoms with E-state index in [1.165, 1.54) is 14.7 Å². The summed E-state index contributed by atoms with van der Waals surface area (Å²) in [5.41, 5.74) is 1.90. The number of carboxylic acids is 1. The molecule has 5 atom stereocenters. The van der Waals surface area contributed by atoms with Crippen molar-refractivity contribution >= 4 is 43.1 Å². The van der Waals surface area contributed by atoms with Crippen LogP contribution in [0.25, 0.3) is 0 Å². The van der Waals surface area contributed by atoms with Gasteiger partial charge in [0.15, 0.2) is 21.3 Å². The van der Waals surface area contributed by atoms with Crippen LogP contribution in [0.3, 0.4) is 0 Å². The average molecular weight is 677 g/mol. The Morgan fingerprint density at radius 3 is 2.02 bits per heavy atom. The second-order valence-electron chi connectivity index (χ2n) is 11.1. The maximum atomic E-state index is 11.6. The summed E-state index contributed by atoms with van der Waals surface area (Å²) in [6, 6.07) is 25.1. The van der Waals surface area contributed by atoms with E-state index >= 15 is 0 Å². The molecule has 6 rings (SSSR count). The van der Waals surface area contributed by atoms with E-state index < -0.39 is 55.4 Å². The summed E-state index contributed by atoms with van der Waals surface area (Å²) < 4.78 is 70.0. The molecule has 1 saturated heterocycles. The molecule has 3 fully saturated rings. The zero-order chi connectivity index (χ0) is 32.5. The number of hydrogen-bond acceptors (Lipinski definition) is 10. The molecule has 5 unspecified atom stereocenters. The van der Waals surface area contributed by atoms with E-state index in [1.807, 2.05) is 26.0 Å². The molecule has 2 saturated carbocycles. The van der Waals surface area contributed by atoms with Crippen molar-refractivity contribution in [3.8, 4) is 5.75 Å². The van der Waals surface area contributed by atoms with Crippen LogP contribution >= 0.6 is 0 Å². The van der Waals surface area contributed by atoms with Crippen molar-refractivity contribution in [2.24, 2.45) is 11.8 Å². The highest BCUT2D eigenvalue weighted by molar-refractivity contribution is 7.97. The number of aryl methyl sites for hydroxylation is 2. The molecule has 2 bridgehead atoms. The van der Waals surface area contributed by atoms with Crippen LogP contribution < -0.4 is 4.74 Å². The minimum Gasteiger partial charge on any atom is -0.748 e. The molecule has 0 aromatic heterocycles. The third-order valence-electron chi connectivity index (χ3n) is 7.94. The predicted octanol–water partition coefficient (Wildman–Crippen LogP) is 3.44. The fraction of sp³-hybridized carbons (Fsp3) is 0.355. The monoisotopic (exact) mass is 676 g/mol. The number of carbonyl (C=O) groups is 2. The zero-order valence-electron chi connectivity index (χ0n) is 24.4. The van der Waals surface area contributed by atoms with Crippen LogP contribution in [0, 0.1) is 25.7 Å². The standard InChI is InChI=1S/C22H20O3S.C9H12O8S2/c1-16-13-20(14-17(2)22(16)25-15-21(23)24)26(18-9-5-3-6-10-18)19-11-7-4-8-12-19;10-7(3-18(11,12)13)16-8-4-1-5-6(2-4)19(14,15)17-9(5)8/h3-14H,15H2,1-2H3;4-6,8-9H,1-3H2,(H,11,12,13). The summed E-state index contributed by atoms with van der Waals surface area (Å²) in [6.07, 6.45) is -0.567. The average Bonchev–Trinajstić information content (AvgIpc) is 3.58. The molecule has 240 valence electrons. The van der Waals surface area contributed by atoms with E-state index in [9.17, 15) is 31.0 Å². The Morgan fingerprint density at radius 1 is 0.956 bits per heavy atom. The molecule has 0 amide bonds. The van der Waals surface area contributed by atoms with E-state index in [0.29, 0.717) is 18.6 Å². The predicted molar refractivity (Wildman–Crippen MR) is 162 cm³/mol. The number of fused-ring (bicyclic) bond motifs is 1. The number of carbonyl (C=O) groups excluding carboxylic acids is 1. The normalized spacial score (nSPS) is 24.1. The first kappa shape index (κ1) is 32.9. The first-order valence-corrected chi connectivity index (χ1v) is 18.4. The van der Waals surface area contributed by atoms with E-state index in [0.717, 1.165) is 11.1 Å². The summed E-state index contributed by atoms with van der Waals surface area (Å²) >= 11 is 0. The Labute approximate surface area is 264 Å². The zero-order valence-corrected chi connectivity index (χ0v) is 26.8. The molecule has 1 heterocycles. The smallest absolute Gasteiger partial charge is 0.341 e. The molecule has 1 N–H and O–H groups in total. The first-order valence-electron chi connectivity index (χ1n) is 14.1. The largest absolute Gasteiger partial charge is 0.748 e. The van der Waals surface area contributed by atoms with Gasteiger partial charge in [-0.15, -0.1) is 0 Å². The van der Waals surface area contributed by atoms with Crippen molar-refractivity contribution in [3.63, 3.8) is 0 Å². The molecule has 3 aromatic rings. The van der Waals surface area contributed by atoms with Gasteiger partial charge >= 0.3 is 11.9 Å². The fourth-order valence-corrected chi connectivity index (χ4v) is 10.8. The maximum absolute atomic E-state index is 11.6. The lowest BCUT2D eigenvalue weighted by atomic mass is 9.94. The molecule has 0 spiro atoms. The number of carboxylic acid groups (broad SMARTS) is 1. The van der Waals surface area contributed by atoms with Gasteiger partial charge < -0.3 is 19.1 Å². The number of benzene rings is 3. The number of rotatable bonds is 9. The van der Waals surface area contributed by atoms with Gasteiger partial charge in [-0.1, -0.05) is 36.4 Å². The Morgan fingerprint density at radius 2 is 1.51 bits per heavy atom. The van der Waals surface area contributed by atoms with Gasteiger partial charge in [-0.3, -0.25) is 8.98 Å². The van der Waals surface area contributed by atoms with Crippen molar-refractivity contribution in [3.05, 3.63) is 83.9 Å². The van der Waals surface area contributed by atoms with E-state index in [-0.39, 0.29) is 29.3 Å². The second kappa shape index (κ2) is 13.1. The van der Waals surface area contributed by atoms with Crippen LogP contribution in [0.4, 0.5) is 0 Å².